The molecule has 0 aromatic heterocycles. The maximum atomic E-state index is 12.3. The first-order valence-electron chi connectivity index (χ1n) is 3.77. The van der Waals surface area contributed by atoms with Crippen molar-refractivity contribution in [3.8, 4) is 6.07 Å². The van der Waals surface area contributed by atoms with E-state index >= 15 is 0 Å². The van der Waals surface area contributed by atoms with E-state index in [2.05, 4.69) is 6.92 Å². The molecular formula is C10H8ClFN. The minimum atomic E-state index is -0.550. The zero-order valence-corrected chi connectivity index (χ0v) is 7.68. The Hall–Kier alpha value is -1.07. The van der Waals surface area contributed by atoms with Gasteiger partial charge in [0, 0.05) is 10.9 Å². The molecule has 1 radical (unpaired) electrons. The van der Waals surface area contributed by atoms with Gasteiger partial charge in [-0.2, -0.15) is 5.26 Å². The fourth-order valence-corrected chi connectivity index (χ4v) is 1.25. The van der Waals surface area contributed by atoms with Crippen molar-refractivity contribution in [3.05, 3.63) is 41.3 Å². The van der Waals surface area contributed by atoms with Crippen molar-refractivity contribution >= 4 is 11.6 Å². The fraction of sp³-hybridized carbons (Fsp3) is 0.200. The molecule has 1 atom stereocenters. The minimum absolute atomic E-state index is 0.435. The summed E-state index contributed by atoms with van der Waals surface area (Å²) in [6, 6.07) is 6.72. The molecule has 0 N–H and O–H groups in total. The molecule has 1 nitrogen and oxygen atoms in total. The summed E-state index contributed by atoms with van der Waals surface area (Å²) in [5, 5.41) is 9.06. The molecule has 3 heteroatoms. The first kappa shape index (κ1) is 10.0. The SMILES string of the molecule is [CH2]C(CF)c1cc(Cl)cc(C#N)c1. The highest BCUT2D eigenvalue weighted by Gasteiger charge is 2.07. The van der Waals surface area contributed by atoms with E-state index in [-0.39, 0.29) is 0 Å². The summed E-state index contributed by atoms with van der Waals surface area (Å²) >= 11 is 5.73. The van der Waals surface area contributed by atoms with Crippen molar-refractivity contribution in [2.75, 3.05) is 6.67 Å². The maximum Gasteiger partial charge on any atom is 0.0992 e. The number of halogens is 2. The summed E-state index contributed by atoms with van der Waals surface area (Å²) in [6.45, 7) is 3.05. The lowest BCUT2D eigenvalue weighted by molar-refractivity contribution is 0.465. The van der Waals surface area contributed by atoms with Crippen LogP contribution in [0.1, 0.15) is 17.0 Å². The van der Waals surface area contributed by atoms with E-state index in [4.69, 9.17) is 16.9 Å². The minimum Gasteiger partial charge on any atom is -0.250 e. The molecule has 1 rings (SSSR count). The standard InChI is InChI=1S/C10H8ClFN/c1-7(5-12)9-2-8(6-13)3-10(11)4-9/h2-4,7H,1,5H2. The Kier molecular flexibility index (Phi) is 3.27. The molecule has 0 saturated carbocycles. The molecule has 13 heavy (non-hydrogen) atoms. The number of hydrogen-bond donors (Lipinski definition) is 0. The van der Waals surface area contributed by atoms with Crippen LogP contribution in [-0.2, 0) is 0 Å². The Morgan fingerprint density at radius 3 is 2.77 bits per heavy atom. The Labute approximate surface area is 81.8 Å². The van der Waals surface area contributed by atoms with Crippen molar-refractivity contribution in [1.29, 1.82) is 5.26 Å². The van der Waals surface area contributed by atoms with Crippen LogP contribution in [0.25, 0.3) is 0 Å². The van der Waals surface area contributed by atoms with Crippen LogP contribution in [0.3, 0.4) is 0 Å². The number of alkyl halides is 1. The molecular weight excluding hydrogens is 189 g/mol. The monoisotopic (exact) mass is 196 g/mol. The summed E-state index contributed by atoms with van der Waals surface area (Å²) in [4.78, 5) is 0. The second kappa shape index (κ2) is 4.25. The van der Waals surface area contributed by atoms with Crippen LogP contribution in [0.5, 0.6) is 0 Å². The van der Waals surface area contributed by atoms with Crippen molar-refractivity contribution in [3.63, 3.8) is 0 Å². The van der Waals surface area contributed by atoms with E-state index in [1.54, 1.807) is 12.1 Å². The number of rotatable bonds is 2. The Bertz CT molecular complexity index is 343. The van der Waals surface area contributed by atoms with Crippen LogP contribution < -0.4 is 0 Å². The summed E-state index contributed by atoms with van der Waals surface area (Å²) in [6.07, 6.45) is 0. The molecule has 1 aromatic rings. The van der Waals surface area contributed by atoms with Gasteiger partial charge in [-0.15, -0.1) is 0 Å². The molecule has 0 fully saturated rings. The van der Waals surface area contributed by atoms with Crippen molar-refractivity contribution in [2.45, 2.75) is 5.92 Å². The first-order chi connectivity index (χ1) is 6.17. The van der Waals surface area contributed by atoms with E-state index in [9.17, 15) is 4.39 Å². The molecule has 1 unspecified atom stereocenters. The first-order valence-corrected chi connectivity index (χ1v) is 4.15. The van der Waals surface area contributed by atoms with Gasteiger partial charge in [-0.25, -0.2) is 0 Å². The third kappa shape index (κ3) is 2.43. The molecule has 0 bridgehead atoms. The molecule has 0 spiro atoms. The van der Waals surface area contributed by atoms with Gasteiger partial charge in [0.2, 0.25) is 0 Å². The van der Waals surface area contributed by atoms with Gasteiger partial charge >= 0.3 is 0 Å². The largest absolute Gasteiger partial charge is 0.250 e. The van der Waals surface area contributed by atoms with Crippen LogP contribution in [0.2, 0.25) is 5.02 Å². The zero-order chi connectivity index (χ0) is 9.84. The van der Waals surface area contributed by atoms with Gasteiger partial charge in [-0.05, 0) is 30.7 Å². The smallest absolute Gasteiger partial charge is 0.0992 e. The second-order valence-electron chi connectivity index (χ2n) is 2.74. The van der Waals surface area contributed by atoms with Gasteiger partial charge < -0.3 is 0 Å². The molecule has 0 aliphatic heterocycles. The highest BCUT2D eigenvalue weighted by molar-refractivity contribution is 6.30. The fourth-order valence-electron chi connectivity index (χ4n) is 1.00. The number of benzene rings is 1. The Morgan fingerprint density at radius 2 is 2.23 bits per heavy atom. The summed E-state index contributed by atoms with van der Waals surface area (Å²) in [5.41, 5.74) is 1.09. The molecule has 67 valence electrons. The highest BCUT2D eigenvalue weighted by Crippen LogP contribution is 2.21. The summed E-state index contributed by atoms with van der Waals surface area (Å²) in [7, 11) is 0. The predicted octanol–water partition coefficient (Wildman–Crippen LogP) is 3.10. The van der Waals surface area contributed by atoms with Crippen molar-refractivity contribution < 1.29 is 4.39 Å². The van der Waals surface area contributed by atoms with Crippen LogP contribution in [0, 0.1) is 18.3 Å². The van der Waals surface area contributed by atoms with Gasteiger partial charge in [0.15, 0.2) is 0 Å². The van der Waals surface area contributed by atoms with Gasteiger partial charge in [0.1, 0.15) is 0 Å². The van der Waals surface area contributed by atoms with E-state index in [0.29, 0.717) is 16.1 Å². The van der Waals surface area contributed by atoms with Crippen LogP contribution in [0.15, 0.2) is 18.2 Å². The summed E-state index contributed by atoms with van der Waals surface area (Å²) < 4.78 is 12.3. The third-order valence-electron chi connectivity index (χ3n) is 1.71. The maximum absolute atomic E-state index is 12.3. The quantitative estimate of drug-likeness (QED) is 0.713. The van der Waals surface area contributed by atoms with E-state index in [1.165, 1.54) is 6.07 Å². The van der Waals surface area contributed by atoms with Crippen molar-refractivity contribution in [1.82, 2.24) is 0 Å². The molecule has 1 aromatic carbocycles. The van der Waals surface area contributed by atoms with Gasteiger partial charge in [0.25, 0.3) is 0 Å². The van der Waals surface area contributed by atoms with Crippen LogP contribution in [0.4, 0.5) is 4.39 Å². The zero-order valence-electron chi connectivity index (χ0n) is 6.93. The van der Waals surface area contributed by atoms with E-state index in [0.717, 1.165) is 0 Å². The lowest BCUT2D eigenvalue weighted by Crippen LogP contribution is -1.96. The molecule has 0 heterocycles. The van der Waals surface area contributed by atoms with Crippen LogP contribution >= 0.6 is 11.6 Å². The lowest BCUT2D eigenvalue weighted by atomic mass is 10.0. The lowest BCUT2D eigenvalue weighted by Gasteiger charge is -2.07. The second-order valence-corrected chi connectivity index (χ2v) is 3.17. The van der Waals surface area contributed by atoms with Crippen molar-refractivity contribution in [2.24, 2.45) is 0 Å². The topological polar surface area (TPSA) is 23.8 Å². The Morgan fingerprint density at radius 1 is 1.54 bits per heavy atom. The van der Waals surface area contributed by atoms with Crippen LogP contribution in [-0.4, -0.2) is 6.67 Å². The average Bonchev–Trinajstić information content (AvgIpc) is 2.15. The number of hydrogen-bond acceptors (Lipinski definition) is 1. The molecule has 0 aliphatic rings. The van der Waals surface area contributed by atoms with Gasteiger partial charge in [0.05, 0.1) is 18.3 Å². The summed E-state index contributed by atoms with van der Waals surface area (Å²) in [5.74, 6) is -0.453. The predicted molar refractivity (Wildman–Crippen MR) is 50.2 cm³/mol. The van der Waals surface area contributed by atoms with E-state index < -0.39 is 12.6 Å². The average molecular weight is 197 g/mol. The molecule has 0 amide bonds. The third-order valence-corrected chi connectivity index (χ3v) is 1.93. The number of nitrogens with zero attached hydrogens (tertiary/aromatic N) is 1. The number of nitriles is 1. The normalized spacial score (nSPS) is 12.2. The van der Waals surface area contributed by atoms with Gasteiger partial charge in [-0.3, -0.25) is 4.39 Å². The molecule has 0 saturated heterocycles. The molecule has 0 aliphatic carbocycles. The Balaban J connectivity index is 3.10. The van der Waals surface area contributed by atoms with E-state index in [1.807, 2.05) is 6.07 Å². The highest BCUT2D eigenvalue weighted by atomic mass is 35.5. The van der Waals surface area contributed by atoms with Gasteiger partial charge in [-0.1, -0.05) is 11.6 Å².